The Kier molecular flexibility index (Phi) is 3.54. The number of aryl methyl sites for hydroxylation is 2. The molecule has 1 aliphatic heterocycles. The van der Waals surface area contributed by atoms with Gasteiger partial charge >= 0.3 is 0 Å². The fourth-order valence-corrected chi connectivity index (χ4v) is 4.06. The van der Waals surface area contributed by atoms with Crippen LogP contribution in [0.2, 0.25) is 0 Å². The van der Waals surface area contributed by atoms with Gasteiger partial charge in [-0.25, -0.2) is 4.98 Å². The van der Waals surface area contributed by atoms with Crippen molar-refractivity contribution in [2.45, 2.75) is 20.4 Å². The summed E-state index contributed by atoms with van der Waals surface area (Å²) >= 11 is 1.48. The Morgan fingerprint density at radius 2 is 1.64 bits per heavy atom. The van der Waals surface area contributed by atoms with E-state index in [1.807, 2.05) is 13.0 Å². The third kappa shape index (κ3) is 2.39. The van der Waals surface area contributed by atoms with Gasteiger partial charge in [0.25, 0.3) is 17.4 Å². The smallest absolute Gasteiger partial charge is 0.262 e. The van der Waals surface area contributed by atoms with Crippen LogP contribution in [0.1, 0.15) is 31.4 Å². The van der Waals surface area contributed by atoms with Crippen molar-refractivity contribution in [1.29, 1.82) is 0 Å². The monoisotopic (exact) mass is 353 g/mol. The number of rotatable bonds is 3. The van der Waals surface area contributed by atoms with Crippen LogP contribution in [-0.2, 0) is 6.54 Å². The molecule has 7 heteroatoms. The van der Waals surface area contributed by atoms with E-state index in [4.69, 9.17) is 0 Å². The van der Waals surface area contributed by atoms with Crippen LogP contribution in [0, 0.1) is 13.8 Å². The number of aromatic nitrogens is 2. The van der Waals surface area contributed by atoms with Crippen molar-refractivity contribution in [1.82, 2.24) is 14.5 Å². The molecule has 0 N–H and O–H groups in total. The number of carbonyl (C=O) groups is 2. The average molecular weight is 353 g/mol. The molecule has 0 fully saturated rings. The largest absolute Gasteiger partial charge is 0.294 e. The van der Waals surface area contributed by atoms with Crippen molar-refractivity contribution in [3.8, 4) is 0 Å². The quantitative estimate of drug-likeness (QED) is 0.678. The minimum atomic E-state index is -0.313. The number of carbonyl (C=O) groups excluding carboxylic acids is 2. The fourth-order valence-electron chi connectivity index (χ4n) is 3.14. The topological polar surface area (TPSA) is 72.3 Å². The molecule has 0 saturated carbocycles. The van der Waals surface area contributed by atoms with Crippen LogP contribution in [0.25, 0.3) is 10.2 Å². The van der Waals surface area contributed by atoms with Crippen LogP contribution in [-0.4, -0.2) is 32.8 Å². The predicted molar refractivity (Wildman–Crippen MR) is 95.2 cm³/mol. The molecule has 2 aromatic heterocycles. The van der Waals surface area contributed by atoms with Crippen LogP contribution >= 0.6 is 11.3 Å². The summed E-state index contributed by atoms with van der Waals surface area (Å²) in [6.07, 6.45) is 0. The summed E-state index contributed by atoms with van der Waals surface area (Å²) in [5.41, 5.74) is 0.695. The molecule has 3 aromatic rings. The van der Waals surface area contributed by atoms with E-state index in [0.29, 0.717) is 22.3 Å². The zero-order valence-electron chi connectivity index (χ0n) is 13.8. The summed E-state index contributed by atoms with van der Waals surface area (Å²) in [6, 6.07) is 8.59. The van der Waals surface area contributed by atoms with Gasteiger partial charge in [0.1, 0.15) is 10.7 Å². The minimum absolute atomic E-state index is 0.136. The Morgan fingerprint density at radius 1 is 1.00 bits per heavy atom. The second-order valence-electron chi connectivity index (χ2n) is 6.00. The number of fused-ring (bicyclic) bond motifs is 2. The van der Waals surface area contributed by atoms with Crippen LogP contribution in [0.4, 0.5) is 0 Å². The van der Waals surface area contributed by atoms with E-state index >= 15 is 0 Å². The Labute approximate surface area is 147 Å². The summed E-state index contributed by atoms with van der Waals surface area (Å²) in [4.78, 5) is 44.9. The highest BCUT2D eigenvalue weighted by Crippen LogP contribution is 2.23. The second kappa shape index (κ2) is 5.63. The summed E-state index contributed by atoms with van der Waals surface area (Å²) in [6.45, 7) is 4.07. The van der Waals surface area contributed by atoms with Crippen molar-refractivity contribution >= 4 is 33.4 Å². The lowest BCUT2D eigenvalue weighted by molar-refractivity contribution is 0.0648. The van der Waals surface area contributed by atoms with Gasteiger partial charge < -0.3 is 0 Å². The van der Waals surface area contributed by atoms with Gasteiger partial charge in [-0.1, -0.05) is 12.1 Å². The molecule has 4 rings (SSSR count). The lowest BCUT2D eigenvalue weighted by Gasteiger charge is -2.16. The standard InChI is InChI=1S/C18H15N3O3S/c1-10-9-14-15(25-10)19-11(2)20(18(14)24)7-8-21-16(22)12-5-3-4-6-13(12)17(21)23/h3-6,9H,7-8H2,1-2H3. The molecule has 0 radical (unpaired) electrons. The fraction of sp³-hybridized carbons (Fsp3) is 0.222. The first kappa shape index (κ1) is 15.7. The molecule has 0 aliphatic carbocycles. The average Bonchev–Trinajstić information content (AvgIpc) is 3.07. The van der Waals surface area contributed by atoms with Gasteiger partial charge in [0.15, 0.2) is 0 Å². The lowest BCUT2D eigenvalue weighted by atomic mass is 10.1. The predicted octanol–water partition coefficient (Wildman–Crippen LogP) is 2.37. The van der Waals surface area contributed by atoms with E-state index < -0.39 is 0 Å². The highest BCUT2D eigenvalue weighted by atomic mass is 32.1. The Balaban J connectivity index is 1.65. The Morgan fingerprint density at radius 3 is 2.28 bits per heavy atom. The van der Waals surface area contributed by atoms with Crippen LogP contribution in [0.3, 0.4) is 0 Å². The van der Waals surface area contributed by atoms with Gasteiger partial charge in [-0.15, -0.1) is 11.3 Å². The molecule has 0 saturated heterocycles. The SMILES string of the molecule is Cc1cc2c(=O)n(CCN3C(=O)c4ccccc4C3=O)c(C)nc2s1. The van der Waals surface area contributed by atoms with Gasteiger partial charge in [-0.2, -0.15) is 0 Å². The number of amides is 2. The third-order valence-corrected chi connectivity index (χ3v) is 5.33. The maximum Gasteiger partial charge on any atom is 0.262 e. The normalized spacial score (nSPS) is 13.8. The van der Waals surface area contributed by atoms with Crippen molar-refractivity contribution in [2.75, 3.05) is 6.54 Å². The number of thiophene rings is 1. The number of nitrogens with zero attached hydrogens (tertiary/aromatic N) is 3. The van der Waals surface area contributed by atoms with Crippen LogP contribution in [0.5, 0.6) is 0 Å². The molecule has 0 unspecified atom stereocenters. The van der Waals surface area contributed by atoms with E-state index in [9.17, 15) is 14.4 Å². The van der Waals surface area contributed by atoms with Gasteiger partial charge in [0, 0.05) is 18.0 Å². The minimum Gasteiger partial charge on any atom is -0.294 e. The van der Waals surface area contributed by atoms with Gasteiger partial charge in [0.05, 0.1) is 16.5 Å². The summed E-state index contributed by atoms with van der Waals surface area (Å²) < 4.78 is 1.53. The number of imide groups is 1. The third-order valence-electron chi connectivity index (χ3n) is 4.39. The van der Waals surface area contributed by atoms with Crippen LogP contribution < -0.4 is 5.56 Å². The molecule has 25 heavy (non-hydrogen) atoms. The lowest BCUT2D eigenvalue weighted by Crippen LogP contribution is -2.35. The van der Waals surface area contributed by atoms with Crippen molar-refractivity contribution in [3.05, 3.63) is 62.5 Å². The molecule has 1 aliphatic rings. The summed E-state index contributed by atoms with van der Waals surface area (Å²) in [5, 5.41) is 0.579. The summed E-state index contributed by atoms with van der Waals surface area (Å²) in [7, 11) is 0. The molecule has 0 atom stereocenters. The zero-order chi connectivity index (χ0) is 17.7. The van der Waals surface area contributed by atoms with Gasteiger partial charge in [-0.05, 0) is 32.0 Å². The van der Waals surface area contributed by atoms with Crippen molar-refractivity contribution < 1.29 is 9.59 Å². The molecule has 1 aromatic carbocycles. The first-order valence-electron chi connectivity index (χ1n) is 7.90. The van der Waals surface area contributed by atoms with E-state index in [1.165, 1.54) is 20.8 Å². The van der Waals surface area contributed by atoms with Gasteiger partial charge in [0.2, 0.25) is 0 Å². The molecule has 0 spiro atoms. The Hall–Kier alpha value is -2.80. The molecule has 0 bridgehead atoms. The van der Waals surface area contributed by atoms with E-state index in [1.54, 1.807) is 31.2 Å². The Bertz CT molecular complexity index is 1060. The highest BCUT2D eigenvalue weighted by molar-refractivity contribution is 7.18. The number of hydrogen-bond acceptors (Lipinski definition) is 5. The van der Waals surface area contributed by atoms with Crippen molar-refractivity contribution in [3.63, 3.8) is 0 Å². The molecular weight excluding hydrogens is 338 g/mol. The van der Waals surface area contributed by atoms with E-state index in [0.717, 1.165) is 9.71 Å². The van der Waals surface area contributed by atoms with Crippen molar-refractivity contribution in [2.24, 2.45) is 0 Å². The molecule has 3 heterocycles. The first-order valence-corrected chi connectivity index (χ1v) is 8.72. The zero-order valence-corrected chi connectivity index (χ0v) is 14.6. The van der Waals surface area contributed by atoms with Gasteiger partial charge in [-0.3, -0.25) is 23.9 Å². The molecule has 6 nitrogen and oxygen atoms in total. The van der Waals surface area contributed by atoms with Crippen LogP contribution in [0.15, 0.2) is 35.1 Å². The maximum absolute atomic E-state index is 12.7. The second-order valence-corrected chi connectivity index (χ2v) is 7.23. The maximum atomic E-state index is 12.7. The number of benzene rings is 1. The number of hydrogen-bond donors (Lipinski definition) is 0. The summed E-state index contributed by atoms with van der Waals surface area (Å²) in [5.74, 6) is -0.0469. The molecule has 2 amide bonds. The highest BCUT2D eigenvalue weighted by Gasteiger charge is 2.34. The first-order chi connectivity index (χ1) is 12.0. The molecule has 126 valence electrons. The van der Waals surface area contributed by atoms with E-state index in [-0.39, 0.29) is 30.5 Å². The molecular formula is C18H15N3O3S. The van der Waals surface area contributed by atoms with E-state index in [2.05, 4.69) is 4.98 Å².